The van der Waals surface area contributed by atoms with Gasteiger partial charge in [0, 0.05) is 24.3 Å². The topological polar surface area (TPSA) is 46.8 Å². The third-order valence-electron chi connectivity index (χ3n) is 4.07. The van der Waals surface area contributed by atoms with E-state index in [4.69, 9.17) is 4.74 Å². The molecule has 1 aliphatic heterocycles. The smallest absolute Gasteiger partial charge is 0.228 e. The Morgan fingerprint density at radius 3 is 3.04 bits per heavy atom. The molecule has 4 rings (SSSR count). The van der Waals surface area contributed by atoms with Gasteiger partial charge >= 0.3 is 0 Å². The Bertz CT molecular complexity index is 783. The van der Waals surface area contributed by atoms with Crippen LogP contribution in [0.25, 0.3) is 4.96 Å². The lowest BCUT2D eigenvalue weighted by atomic mass is 10.1. The highest BCUT2D eigenvalue weighted by molar-refractivity contribution is 7.15. The molecule has 1 fully saturated rings. The molecule has 1 saturated heterocycles. The summed E-state index contributed by atoms with van der Waals surface area (Å²) < 4.78 is 7.78. The van der Waals surface area contributed by atoms with Crippen molar-refractivity contribution in [2.24, 2.45) is 0 Å². The van der Waals surface area contributed by atoms with Crippen molar-refractivity contribution in [1.29, 1.82) is 0 Å². The average Bonchev–Trinajstić information content (AvgIpc) is 3.17. The number of hydrogen-bond donors (Lipinski definition) is 0. The Morgan fingerprint density at radius 2 is 2.22 bits per heavy atom. The van der Waals surface area contributed by atoms with Gasteiger partial charge in [-0.3, -0.25) is 9.20 Å². The van der Waals surface area contributed by atoms with E-state index >= 15 is 0 Å². The van der Waals surface area contributed by atoms with Crippen LogP contribution in [0.1, 0.15) is 17.4 Å². The molecule has 0 spiro atoms. The highest BCUT2D eigenvalue weighted by Crippen LogP contribution is 2.22. The molecule has 1 amide bonds. The molecule has 6 heteroatoms. The zero-order chi connectivity index (χ0) is 15.6. The molecule has 0 aliphatic carbocycles. The van der Waals surface area contributed by atoms with Gasteiger partial charge in [-0.2, -0.15) is 0 Å². The number of rotatable bonds is 3. The number of benzene rings is 1. The summed E-state index contributed by atoms with van der Waals surface area (Å²) in [6.45, 7) is 1.82. The summed E-state index contributed by atoms with van der Waals surface area (Å²) in [5.41, 5.74) is 1.94. The number of ether oxygens (including phenoxy) is 1. The Labute approximate surface area is 138 Å². The number of fused-ring (bicyclic) bond motifs is 1. The minimum atomic E-state index is -0.0422. The van der Waals surface area contributed by atoms with Gasteiger partial charge in [-0.15, -0.1) is 11.3 Å². The molecule has 1 aliphatic rings. The van der Waals surface area contributed by atoms with Gasteiger partial charge in [0.2, 0.25) is 5.91 Å². The number of amides is 1. The molecular weight excluding hydrogens is 310 g/mol. The predicted octanol–water partition coefficient (Wildman–Crippen LogP) is 2.54. The maximum Gasteiger partial charge on any atom is 0.228 e. The summed E-state index contributed by atoms with van der Waals surface area (Å²) in [6.07, 6.45) is 4.19. The van der Waals surface area contributed by atoms with Crippen LogP contribution in [-0.4, -0.2) is 39.9 Å². The minimum Gasteiger partial charge on any atom is -0.370 e. The third kappa shape index (κ3) is 3.00. The molecule has 0 bridgehead atoms. The van der Waals surface area contributed by atoms with Gasteiger partial charge in [0.05, 0.1) is 25.3 Å². The quantitative estimate of drug-likeness (QED) is 0.743. The maximum atomic E-state index is 12.6. The molecule has 5 nitrogen and oxygen atoms in total. The van der Waals surface area contributed by atoms with Crippen molar-refractivity contribution < 1.29 is 9.53 Å². The summed E-state index contributed by atoms with van der Waals surface area (Å²) in [5, 5.41) is 1.99. The van der Waals surface area contributed by atoms with Crippen molar-refractivity contribution in [3.8, 4) is 0 Å². The van der Waals surface area contributed by atoms with E-state index in [0.717, 1.165) is 16.2 Å². The van der Waals surface area contributed by atoms with Crippen LogP contribution in [0, 0.1) is 0 Å². The van der Waals surface area contributed by atoms with Crippen LogP contribution in [0.3, 0.4) is 0 Å². The highest BCUT2D eigenvalue weighted by atomic mass is 32.1. The second-order valence-corrected chi connectivity index (χ2v) is 6.48. The molecular formula is C17H17N3O2S. The van der Waals surface area contributed by atoms with Gasteiger partial charge in [0.1, 0.15) is 6.10 Å². The zero-order valence-corrected chi connectivity index (χ0v) is 13.4. The molecule has 0 saturated carbocycles. The van der Waals surface area contributed by atoms with Crippen molar-refractivity contribution in [2.45, 2.75) is 12.5 Å². The van der Waals surface area contributed by atoms with Crippen molar-refractivity contribution in [2.75, 3.05) is 19.7 Å². The molecule has 118 valence electrons. The molecule has 1 aromatic carbocycles. The standard InChI is InChI=1S/C17H17N3O2S/c21-16(10-14-11-20-7-9-23-17(20)18-14)19-6-8-22-15(12-19)13-4-2-1-3-5-13/h1-5,7,9,11,15H,6,8,10,12H2. The molecule has 3 aromatic rings. The van der Waals surface area contributed by atoms with Crippen LogP contribution in [0.2, 0.25) is 0 Å². The van der Waals surface area contributed by atoms with E-state index in [-0.39, 0.29) is 12.0 Å². The summed E-state index contributed by atoms with van der Waals surface area (Å²) in [7, 11) is 0. The Hall–Kier alpha value is -2.18. The number of hydrogen-bond acceptors (Lipinski definition) is 4. The van der Waals surface area contributed by atoms with Crippen LogP contribution in [-0.2, 0) is 16.0 Å². The number of morpholine rings is 1. The van der Waals surface area contributed by atoms with E-state index in [1.54, 1.807) is 11.3 Å². The van der Waals surface area contributed by atoms with Gasteiger partial charge in [-0.25, -0.2) is 4.98 Å². The lowest BCUT2D eigenvalue weighted by Gasteiger charge is -2.33. The number of carbonyl (C=O) groups excluding carboxylic acids is 1. The summed E-state index contributed by atoms with van der Waals surface area (Å²) in [4.78, 5) is 19.9. The monoisotopic (exact) mass is 327 g/mol. The van der Waals surface area contributed by atoms with Gasteiger partial charge < -0.3 is 9.64 Å². The molecule has 2 aromatic heterocycles. The predicted molar refractivity (Wildman–Crippen MR) is 88.5 cm³/mol. The van der Waals surface area contributed by atoms with E-state index in [1.165, 1.54) is 0 Å². The minimum absolute atomic E-state index is 0.0422. The first-order valence-corrected chi connectivity index (χ1v) is 8.53. The number of imidazole rings is 1. The van der Waals surface area contributed by atoms with E-state index < -0.39 is 0 Å². The molecule has 23 heavy (non-hydrogen) atoms. The van der Waals surface area contributed by atoms with E-state index in [0.29, 0.717) is 26.1 Å². The van der Waals surface area contributed by atoms with Crippen LogP contribution >= 0.6 is 11.3 Å². The Balaban J connectivity index is 1.44. The highest BCUT2D eigenvalue weighted by Gasteiger charge is 2.25. The first kappa shape index (κ1) is 14.4. The SMILES string of the molecule is O=C(Cc1cn2ccsc2n1)N1CCOC(c2ccccc2)C1. The number of thiazole rings is 1. The largest absolute Gasteiger partial charge is 0.370 e. The lowest BCUT2D eigenvalue weighted by Crippen LogP contribution is -2.43. The lowest BCUT2D eigenvalue weighted by molar-refractivity contribution is -0.138. The Kier molecular flexibility index (Phi) is 3.85. The van der Waals surface area contributed by atoms with Crippen LogP contribution in [0.5, 0.6) is 0 Å². The summed E-state index contributed by atoms with van der Waals surface area (Å²) in [6, 6.07) is 10.1. The van der Waals surface area contributed by atoms with Crippen molar-refractivity contribution >= 4 is 22.2 Å². The zero-order valence-electron chi connectivity index (χ0n) is 12.6. The van der Waals surface area contributed by atoms with Gasteiger partial charge in [-0.05, 0) is 5.56 Å². The van der Waals surface area contributed by atoms with Gasteiger partial charge in [0.25, 0.3) is 0 Å². The molecule has 3 heterocycles. The fourth-order valence-electron chi connectivity index (χ4n) is 2.87. The van der Waals surface area contributed by atoms with Crippen LogP contribution in [0.4, 0.5) is 0 Å². The molecule has 1 unspecified atom stereocenters. The third-order valence-corrected chi connectivity index (χ3v) is 4.84. The number of nitrogens with zero attached hydrogens (tertiary/aromatic N) is 3. The second-order valence-electron chi connectivity index (χ2n) is 5.61. The fourth-order valence-corrected chi connectivity index (χ4v) is 3.59. The van der Waals surface area contributed by atoms with Crippen molar-refractivity contribution in [3.05, 3.63) is 59.4 Å². The van der Waals surface area contributed by atoms with Crippen LogP contribution < -0.4 is 0 Å². The van der Waals surface area contributed by atoms with E-state index in [1.807, 2.05) is 57.4 Å². The summed E-state index contributed by atoms with van der Waals surface area (Å²) in [5.74, 6) is 0.111. The number of aromatic nitrogens is 2. The first-order chi connectivity index (χ1) is 11.3. The normalized spacial score (nSPS) is 18.4. The molecule has 1 atom stereocenters. The van der Waals surface area contributed by atoms with E-state index in [2.05, 4.69) is 4.98 Å². The first-order valence-electron chi connectivity index (χ1n) is 7.65. The van der Waals surface area contributed by atoms with Gasteiger partial charge in [-0.1, -0.05) is 30.3 Å². The molecule has 0 radical (unpaired) electrons. The number of carbonyl (C=O) groups is 1. The van der Waals surface area contributed by atoms with Crippen molar-refractivity contribution in [1.82, 2.24) is 14.3 Å². The molecule has 0 N–H and O–H groups in total. The summed E-state index contributed by atoms with van der Waals surface area (Å²) >= 11 is 1.58. The average molecular weight is 327 g/mol. The maximum absolute atomic E-state index is 12.6. The van der Waals surface area contributed by atoms with Crippen molar-refractivity contribution in [3.63, 3.8) is 0 Å². The second kappa shape index (κ2) is 6.14. The van der Waals surface area contributed by atoms with Gasteiger partial charge in [0.15, 0.2) is 4.96 Å². The van der Waals surface area contributed by atoms with Crippen LogP contribution in [0.15, 0.2) is 48.1 Å². The fraction of sp³-hybridized carbons (Fsp3) is 0.294. The van der Waals surface area contributed by atoms with E-state index in [9.17, 15) is 4.79 Å². The Morgan fingerprint density at radius 1 is 1.35 bits per heavy atom.